The number of rotatable bonds is 10. The molecule has 92 valence electrons. The second kappa shape index (κ2) is 10.3. The first kappa shape index (κ1) is 14.2. The molecule has 0 aliphatic heterocycles. The minimum absolute atomic E-state index is 0.209. The normalized spacial score (nSPS) is 15.1. The molecule has 0 aromatic rings. The van der Waals surface area contributed by atoms with Gasteiger partial charge in [0.05, 0.1) is 0 Å². The Morgan fingerprint density at radius 2 is 1.20 bits per heavy atom. The Morgan fingerprint density at radius 3 is 1.40 bits per heavy atom. The molecule has 0 aromatic carbocycles. The van der Waals surface area contributed by atoms with Crippen molar-refractivity contribution in [1.82, 2.24) is 0 Å². The van der Waals surface area contributed by atoms with Gasteiger partial charge in [-0.15, -0.1) is 0 Å². The van der Waals surface area contributed by atoms with Crippen LogP contribution in [0.3, 0.4) is 0 Å². The van der Waals surface area contributed by atoms with Crippen molar-refractivity contribution in [1.29, 1.82) is 0 Å². The monoisotopic (exact) mass is 341 g/mol. The van der Waals surface area contributed by atoms with E-state index in [9.17, 15) is 0 Å². The molecule has 0 heterocycles. The molecular weight excluding hydrogens is 310 g/mol. The van der Waals surface area contributed by atoms with Gasteiger partial charge in [0.25, 0.3) is 0 Å². The Labute approximate surface area is 107 Å². The molecule has 0 aliphatic rings. The van der Waals surface area contributed by atoms with E-state index in [1.807, 2.05) is 0 Å². The maximum atomic E-state index is 8.08. The van der Waals surface area contributed by atoms with Crippen molar-refractivity contribution in [2.24, 2.45) is 0 Å². The van der Waals surface area contributed by atoms with Crippen molar-refractivity contribution in [3.63, 3.8) is 0 Å². The van der Waals surface area contributed by atoms with Crippen molar-refractivity contribution in [3.05, 3.63) is 0 Å². The van der Waals surface area contributed by atoms with E-state index in [-0.39, 0.29) is 3.87 Å². The topological polar surface area (TPSA) is 0 Å². The van der Waals surface area contributed by atoms with Gasteiger partial charge >= 0.3 is 108 Å². The fourth-order valence-electron chi connectivity index (χ4n) is 2.13. The zero-order chi connectivity index (χ0) is 12.4. The summed E-state index contributed by atoms with van der Waals surface area (Å²) in [4.78, 5) is 0. The third kappa shape index (κ3) is 7.09. The molecule has 0 aliphatic carbocycles. The van der Waals surface area contributed by atoms with Gasteiger partial charge in [-0.2, -0.15) is 0 Å². The Bertz CT molecular complexity index is 140. The third-order valence-corrected chi connectivity index (χ3v) is 19.3. The Morgan fingerprint density at radius 1 is 0.867 bits per heavy atom. The third-order valence-electron chi connectivity index (χ3n) is 3.32. The van der Waals surface area contributed by atoms with Crippen molar-refractivity contribution < 1.29 is 1.37 Å². The SMILES string of the molecule is [2H][C@H](Cl)[Sn]([CH2]CCC)([CH2]CCC)[CH2]CCC. The number of hydrogen-bond donors (Lipinski definition) is 0. The van der Waals surface area contributed by atoms with E-state index in [0.29, 0.717) is 0 Å². The summed E-state index contributed by atoms with van der Waals surface area (Å²) in [5.41, 5.74) is 0. The van der Waals surface area contributed by atoms with Crippen molar-refractivity contribution in [3.8, 4) is 0 Å². The fraction of sp³-hybridized carbons (Fsp3) is 1.00. The van der Waals surface area contributed by atoms with Crippen molar-refractivity contribution in [2.75, 3.05) is 3.87 Å². The van der Waals surface area contributed by atoms with E-state index in [0.717, 1.165) is 0 Å². The summed E-state index contributed by atoms with van der Waals surface area (Å²) in [6.07, 6.45) is 7.73. The molecule has 0 N–H and O–H groups in total. The van der Waals surface area contributed by atoms with E-state index >= 15 is 0 Å². The van der Waals surface area contributed by atoms with Crippen LogP contribution in [0.15, 0.2) is 0 Å². The quantitative estimate of drug-likeness (QED) is 0.358. The number of halogens is 1. The van der Waals surface area contributed by atoms with Gasteiger partial charge in [-0.1, -0.05) is 0 Å². The van der Waals surface area contributed by atoms with Crippen LogP contribution >= 0.6 is 11.6 Å². The number of alkyl halides is 1. The molecule has 0 bridgehead atoms. The van der Waals surface area contributed by atoms with Crippen LogP contribution in [0.5, 0.6) is 0 Å². The predicted molar refractivity (Wildman–Crippen MR) is 75.6 cm³/mol. The van der Waals surface area contributed by atoms with E-state index in [1.54, 1.807) is 0 Å². The first-order valence-corrected chi connectivity index (χ1v) is 14.8. The zero-order valence-electron chi connectivity index (χ0n) is 11.8. The average Bonchev–Trinajstić information content (AvgIpc) is 2.28. The Kier molecular flexibility index (Phi) is 9.68. The molecule has 2 heteroatoms. The van der Waals surface area contributed by atoms with E-state index in [4.69, 9.17) is 13.0 Å². The van der Waals surface area contributed by atoms with E-state index < -0.39 is 18.4 Å². The molecule has 0 saturated heterocycles. The molecule has 1 atom stereocenters. The van der Waals surface area contributed by atoms with Gasteiger partial charge in [0.15, 0.2) is 0 Å². The van der Waals surface area contributed by atoms with Crippen LogP contribution in [-0.4, -0.2) is 22.2 Å². The zero-order valence-corrected chi connectivity index (χ0v) is 14.4. The fourth-order valence-corrected chi connectivity index (χ4v) is 16.5. The summed E-state index contributed by atoms with van der Waals surface area (Å²) in [5.74, 6) is 0. The van der Waals surface area contributed by atoms with E-state index in [1.165, 1.54) is 51.8 Å². The van der Waals surface area contributed by atoms with Crippen LogP contribution < -0.4 is 0 Å². The van der Waals surface area contributed by atoms with Crippen LogP contribution in [0.25, 0.3) is 0 Å². The van der Waals surface area contributed by atoms with Gasteiger partial charge in [-0.3, -0.25) is 0 Å². The summed E-state index contributed by atoms with van der Waals surface area (Å²) in [6.45, 7) is 6.76. The van der Waals surface area contributed by atoms with Crippen LogP contribution in [0.4, 0.5) is 0 Å². The van der Waals surface area contributed by atoms with Crippen molar-refractivity contribution in [2.45, 2.75) is 72.6 Å². The second-order valence-electron chi connectivity index (χ2n) is 4.78. The average molecular weight is 341 g/mol. The molecule has 0 fully saturated rings. The molecule has 15 heavy (non-hydrogen) atoms. The molecule has 0 radical (unpaired) electrons. The first-order chi connectivity index (χ1) is 7.63. The summed E-state index contributed by atoms with van der Waals surface area (Å²) >= 11 is 3.95. The van der Waals surface area contributed by atoms with Crippen molar-refractivity contribution >= 4 is 30.0 Å². The summed E-state index contributed by atoms with van der Waals surface area (Å²) in [7, 11) is 0. The summed E-state index contributed by atoms with van der Waals surface area (Å²) in [6, 6.07) is 0. The molecule has 0 saturated carbocycles. The van der Waals surface area contributed by atoms with Gasteiger partial charge in [0.2, 0.25) is 0 Å². The second-order valence-corrected chi connectivity index (χ2v) is 18.9. The van der Waals surface area contributed by atoms with Crippen LogP contribution in [0.2, 0.25) is 13.3 Å². The molecule has 0 unspecified atom stereocenters. The number of hydrogen-bond acceptors (Lipinski definition) is 0. The van der Waals surface area contributed by atoms with Gasteiger partial charge in [0, 0.05) is 0 Å². The Hall–Kier alpha value is 1.09. The molecule has 0 nitrogen and oxygen atoms in total. The molecule has 0 aromatic heterocycles. The standard InChI is InChI=1S/3C4H9.CH2Cl.Sn/c3*1-3-4-2;1-2;/h3*1,3-4H2,2H3;1H2;/i;;;1D;. The van der Waals surface area contributed by atoms with Gasteiger partial charge in [0.1, 0.15) is 0 Å². The minimum atomic E-state index is -2.32. The summed E-state index contributed by atoms with van der Waals surface area (Å²) in [5, 5.41) is 0. The van der Waals surface area contributed by atoms with Crippen LogP contribution in [0, 0.1) is 0 Å². The molecular formula is C13H29ClSn. The van der Waals surface area contributed by atoms with Gasteiger partial charge < -0.3 is 0 Å². The van der Waals surface area contributed by atoms with Gasteiger partial charge in [-0.05, 0) is 0 Å². The van der Waals surface area contributed by atoms with E-state index in [2.05, 4.69) is 20.8 Å². The van der Waals surface area contributed by atoms with Crippen LogP contribution in [-0.2, 0) is 0 Å². The summed E-state index contributed by atoms with van der Waals surface area (Å²) < 4.78 is 11.9. The predicted octanol–water partition coefficient (Wildman–Crippen LogP) is 5.61. The first-order valence-electron chi connectivity index (χ1n) is 7.27. The Balaban J connectivity index is 4.46. The van der Waals surface area contributed by atoms with Crippen LogP contribution in [0.1, 0.15) is 60.7 Å². The maximum absolute atomic E-state index is 8.08. The molecule has 0 spiro atoms. The molecule has 0 rings (SSSR count). The number of unbranched alkanes of at least 4 members (excludes halogenated alkanes) is 3. The molecule has 0 amide bonds. The van der Waals surface area contributed by atoms with Gasteiger partial charge in [-0.25, -0.2) is 0 Å².